The van der Waals surface area contributed by atoms with Gasteiger partial charge in [-0.05, 0) is 24.3 Å². The summed E-state index contributed by atoms with van der Waals surface area (Å²) in [7, 11) is -3.59. The molecule has 0 radical (unpaired) electrons. The van der Waals surface area contributed by atoms with Gasteiger partial charge in [-0.1, -0.05) is 18.2 Å². The molecule has 0 saturated heterocycles. The van der Waals surface area contributed by atoms with Crippen molar-refractivity contribution in [2.75, 3.05) is 6.26 Å². The Labute approximate surface area is 132 Å². The van der Waals surface area contributed by atoms with Gasteiger partial charge in [0.1, 0.15) is 12.4 Å². The molecule has 0 aliphatic heterocycles. The number of ether oxygens (including phenoxy) is 1. The summed E-state index contributed by atoms with van der Waals surface area (Å²) in [4.78, 5) is 11.9. The number of carbonyl (C=O) groups is 1. The third-order valence-electron chi connectivity index (χ3n) is 3.05. The van der Waals surface area contributed by atoms with E-state index in [1.54, 1.807) is 6.07 Å². The van der Waals surface area contributed by atoms with Crippen LogP contribution in [-0.4, -0.2) is 20.6 Å². The zero-order chi connectivity index (χ0) is 17.0. The van der Waals surface area contributed by atoms with Gasteiger partial charge in [-0.25, -0.2) is 17.6 Å². The predicted octanol–water partition coefficient (Wildman–Crippen LogP) is 2.46. The van der Waals surface area contributed by atoms with Gasteiger partial charge in [0.25, 0.3) is 0 Å². The summed E-state index contributed by atoms with van der Waals surface area (Å²) < 4.78 is 42.0. The number of rotatable bonds is 4. The number of benzene rings is 2. The molecule has 0 amide bonds. The Morgan fingerprint density at radius 1 is 1.26 bits per heavy atom. The fourth-order valence-corrected chi connectivity index (χ4v) is 2.79. The second kappa shape index (κ2) is 6.58. The van der Waals surface area contributed by atoms with Crippen LogP contribution in [0, 0.1) is 17.1 Å². The molecule has 0 aliphatic carbocycles. The standard InChI is InChI=1S/C16H12FNO4S/c1-23(20,21)15-5-3-2-4-13(15)16(19)22-10-12-7-6-11(9-18)8-14(12)17/h2-8H,10H2,1H3. The van der Waals surface area contributed by atoms with Crippen LogP contribution in [-0.2, 0) is 21.2 Å². The second-order valence-corrected chi connectivity index (χ2v) is 6.75. The minimum Gasteiger partial charge on any atom is -0.457 e. The maximum Gasteiger partial charge on any atom is 0.339 e. The van der Waals surface area contributed by atoms with Crippen molar-refractivity contribution in [1.29, 1.82) is 5.26 Å². The van der Waals surface area contributed by atoms with Crippen molar-refractivity contribution in [2.24, 2.45) is 0 Å². The average Bonchev–Trinajstić information content (AvgIpc) is 2.52. The van der Waals surface area contributed by atoms with E-state index in [9.17, 15) is 17.6 Å². The molecular weight excluding hydrogens is 321 g/mol. The van der Waals surface area contributed by atoms with Crippen LogP contribution in [0.4, 0.5) is 4.39 Å². The van der Waals surface area contributed by atoms with E-state index < -0.39 is 21.6 Å². The highest BCUT2D eigenvalue weighted by Gasteiger charge is 2.19. The monoisotopic (exact) mass is 333 g/mol. The average molecular weight is 333 g/mol. The number of esters is 1. The van der Waals surface area contributed by atoms with Crippen LogP contribution >= 0.6 is 0 Å². The molecule has 0 unspecified atom stereocenters. The lowest BCUT2D eigenvalue weighted by Gasteiger charge is -2.09. The second-order valence-electron chi connectivity index (χ2n) is 4.76. The van der Waals surface area contributed by atoms with Crippen molar-refractivity contribution in [3.8, 4) is 6.07 Å². The van der Waals surface area contributed by atoms with Crippen molar-refractivity contribution >= 4 is 15.8 Å². The lowest BCUT2D eigenvalue weighted by molar-refractivity contribution is 0.0464. The van der Waals surface area contributed by atoms with Crippen LogP contribution in [0.5, 0.6) is 0 Å². The van der Waals surface area contributed by atoms with E-state index in [1.165, 1.54) is 36.4 Å². The summed E-state index contributed by atoms with van der Waals surface area (Å²) in [5.74, 6) is -1.54. The number of sulfone groups is 1. The zero-order valence-corrected chi connectivity index (χ0v) is 12.9. The highest BCUT2D eigenvalue weighted by Crippen LogP contribution is 2.18. The van der Waals surface area contributed by atoms with Gasteiger partial charge < -0.3 is 4.74 Å². The fourth-order valence-electron chi connectivity index (χ4n) is 1.91. The van der Waals surface area contributed by atoms with E-state index in [-0.39, 0.29) is 28.2 Å². The minimum atomic E-state index is -3.59. The van der Waals surface area contributed by atoms with Crippen LogP contribution < -0.4 is 0 Å². The van der Waals surface area contributed by atoms with Gasteiger partial charge in [-0.15, -0.1) is 0 Å². The molecule has 7 heteroatoms. The molecule has 2 aromatic rings. The highest BCUT2D eigenvalue weighted by atomic mass is 32.2. The Bertz CT molecular complexity index is 901. The number of hydrogen-bond acceptors (Lipinski definition) is 5. The summed E-state index contributed by atoms with van der Waals surface area (Å²) in [6.07, 6.45) is 0.986. The normalized spacial score (nSPS) is 10.8. The first-order valence-electron chi connectivity index (χ1n) is 6.47. The van der Waals surface area contributed by atoms with E-state index in [2.05, 4.69) is 0 Å². The predicted molar refractivity (Wildman–Crippen MR) is 79.8 cm³/mol. The largest absolute Gasteiger partial charge is 0.457 e. The van der Waals surface area contributed by atoms with E-state index in [1.807, 2.05) is 0 Å². The topological polar surface area (TPSA) is 84.2 Å². The maximum absolute atomic E-state index is 13.7. The lowest BCUT2D eigenvalue weighted by atomic mass is 10.1. The van der Waals surface area contributed by atoms with Gasteiger partial charge in [0.2, 0.25) is 0 Å². The molecule has 0 spiro atoms. The summed E-state index contributed by atoms with van der Waals surface area (Å²) in [5.41, 5.74) is 0.137. The van der Waals surface area contributed by atoms with Crippen LogP contribution in [0.2, 0.25) is 0 Å². The van der Waals surface area contributed by atoms with E-state index in [0.717, 1.165) is 12.3 Å². The molecule has 0 aliphatic rings. The van der Waals surface area contributed by atoms with Crippen LogP contribution in [0.3, 0.4) is 0 Å². The van der Waals surface area contributed by atoms with Crippen LogP contribution in [0.25, 0.3) is 0 Å². The third-order valence-corrected chi connectivity index (χ3v) is 4.20. The van der Waals surface area contributed by atoms with Gasteiger partial charge in [0.15, 0.2) is 9.84 Å². The first-order chi connectivity index (χ1) is 10.8. The smallest absolute Gasteiger partial charge is 0.339 e. The van der Waals surface area contributed by atoms with Gasteiger partial charge in [-0.3, -0.25) is 0 Å². The van der Waals surface area contributed by atoms with Crippen molar-refractivity contribution < 1.29 is 22.3 Å². The van der Waals surface area contributed by atoms with Gasteiger partial charge in [0.05, 0.1) is 22.1 Å². The zero-order valence-electron chi connectivity index (χ0n) is 12.1. The molecule has 0 heterocycles. The van der Waals surface area contributed by atoms with Crippen molar-refractivity contribution in [3.05, 3.63) is 65.0 Å². The van der Waals surface area contributed by atoms with Gasteiger partial charge >= 0.3 is 5.97 Å². The van der Waals surface area contributed by atoms with Gasteiger partial charge in [0, 0.05) is 11.8 Å². The third kappa shape index (κ3) is 3.93. The number of nitrogens with zero attached hydrogens (tertiary/aromatic N) is 1. The lowest BCUT2D eigenvalue weighted by Crippen LogP contribution is -2.11. The fraction of sp³-hybridized carbons (Fsp3) is 0.125. The summed E-state index contributed by atoms with van der Waals surface area (Å²) in [6, 6.07) is 11.2. The number of nitriles is 1. The molecule has 2 aromatic carbocycles. The first-order valence-corrected chi connectivity index (χ1v) is 8.37. The van der Waals surface area contributed by atoms with Gasteiger partial charge in [-0.2, -0.15) is 5.26 Å². The Morgan fingerprint density at radius 2 is 1.96 bits per heavy atom. The Morgan fingerprint density at radius 3 is 2.57 bits per heavy atom. The highest BCUT2D eigenvalue weighted by molar-refractivity contribution is 7.90. The first kappa shape index (κ1) is 16.6. The van der Waals surface area contributed by atoms with E-state index in [4.69, 9.17) is 10.00 Å². The minimum absolute atomic E-state index is 0.0918. The molecule has 0 saturated carbocycles. The quantitative estimate of drug-likeness (QED) is 0.803. The molecule has 0 atom stereocenters. The Balaban J connectivity index is 2.20. The molecule has 0 bridgehead atoms. The Hall–Kier alpha value is -2.72. The molecule has 0 aromatic heterocycles. The molecule has 5 nitrogen and oxygen atoms in total. The van der Waals surface area contributed by atoms with Crippen LogP contribution in [0.15, 0.2) is 47.4 Å². The SMILES string of the molecule is CS(=O)(=O)c1ccccc1C(=O)OCc1ccc(C#N)cc1F. The number of halogens is 1. The summed E-state index contributed by atoms with van der Waals surface area (Å²) in [5, 5.41) is 8.67. The maximum atomic E-state index is 13.7. The molecular formula is C16H12FNO4S. The molecule has 118 valence electrons. The molecule has 23 heavy (non-hydrogen) atoms. The molecule has 0 fully saturated rings. The van der Waals surface area contributed by atoms with Crippen LogP contribution in [0.1, 0.15) is 21.5 Å². The Kier molecular flexibility index (Phi) is 4.77. The number of carbonyl (C=O) groups excluding carboxylic acids is 1. The van der Waals surface area contributed by atoms with Crippen molar-refractivity contribution in [2.45, 2.75) is 11.5 Å². The number of hydrogen-bond donors (Lipinski definition) is 0. The van der Waals surface area contributed by atoms with E-state index in [0.29, 0.717) is 0 Å². The van der Waals surface area contributed by atoms with E-state index >= 15 is 0 Å². The molecule has 0 N–H and O–H groups in total. The molecule has 2 rings (SSSR count). The van der Waals surface area contributed by atoms with Crippen molar-refractivity contribution in [1.82, 2.24) is 0 Å². The summed E-state index contributed by atoms with van der Waals surface area (Å²) in [6.45, 7) is -0.367. The van der Waals surface area contributed by atoms with Crippen molar-refractivity contribution in [3.63, 3.8) is 0 Å². The summed E-state index contributed by atoms with van der Waals surface area (Å²) >= 11 is 0.